The Kier molecular flexibility index (Phi) is 3.67. The highest BCUT2D eigenvalue weighted by Gasteiger charge is 2.08. The molecule has 14 heavy (non-hydrogen) atoms. The molecule has 0 radical (unpaired) electrons. The van der Waals surface area contributed by atoms with Gasteiger partial charge in [0.2, 0.25) is 0 Å². The van der Waals surface area contributed by atoms with E-state index in [-0.39, 0.29) is 5.82 Å². The summed E-state index contributed by atoms with van der Waals surface area (Å²) >= 11 is 0. The van der Waals surface area contributed by atoms with Crippen LogP contribution in [0.15, 0.2) is 18.2 Å². The first-order valence-corrected chi connectivity index (χ1v) is 4.52. The van der Waals surface area contributed by atoms with Crippen LogP contribution in [0.4, 0.5) is 4.39 Å². The first-order valence-electron chi connectivity index (χ1n) is 4.52. The minimum Gasteiger partial charge on any atom is -0.388 e. The molecule has 1 N–H and O–H groups in total. The van der Waals surface area contributed by atoms with Gasteiger partial charge >= 0.3 is 0 Å². The van der Waals surface area contributed by atoms with E-state index in [0.717, 1.165) is 5.56 Å². The van der Waals surface area contributed by atoms with Gasteiger partial charge in [-0.1, -0.05) is 6.07 Å². The van der Waals surface area contributed by atoms with Gasteiger partial charge in [-0.05, 0) is 36.6 Å². The second kappa shape index (κ2) is 4.78. The topological polar surface area (TPSA) is 20.2 Å². The van der Waals surface area contributed by atoms with Crippen LogP contribution >= 0.6 is 0 Å². The Morgan fingerprint density at radius 2 is 2.21 bits per heavy atom. The molecule has 0 saturated heterocycles. The van der Waals surface area contributed by atoms with Gasteiger partial charge in [0.1, 0.15) is 5.82 Å². The molecule has 0 aromatic heterocycles. The fourth-order valence-corrected chi connectivity index (χ4v) is 1.34. The molecule has 2 heteroatoms. The Bertz CT molecular complexity index is 332. The average Bonchev–Trinajstić information content (AvgIpc) is 2.12. The Hall–Kier alpha value is -1.33. The number of rotatable bonds is 3. The zero-order valence-electron chi connectivity index (χ0n) is 8.13. The summed E-state index contributed by atoms with van der Waals surface area (Å²) in [5.74, 6) is 2.12. The highest BCUT2D eigenvalue weighted by molar-refractivity contribution is 5.25. The summed E-state index contributed by atoms with van der Waals surface area (Å²) in [5.41, 5.74) is 1.40. The highest BCUT2D eigenvalue weighted by Crippen LogP contribution is 2.20. The van der Waals surface area contributed by atoms with E-state index in [4.69, 9.17) is 6.42 Å². The molecule has 0 heterocycles. The summed E-state index contributed by atoms with van der Waals surface area (Å²) in [7, 11) is 0. The molecule has 0 amide bonds. The molecule has 0 saturated carbocycles. The van der Waals surface area contributed by atoms with Crippen LogP contribution in [0.2, 0.25) is 0 Å². The molecule has 0 aliphatic carbocycles. The molecule has 0 aliphatic heterocycles. The Balaban J connectivity index is 2.79. The predicted octanol–water partition coefficient (Wildman–Crippen LogP) is 2.58. The minimum absolute atomic E-state index is 0.320. The van der Waals surface area contributed by atoms with Gasteiger partial charge in [-0.25, -0.2) is 4.39 Å². The lowest BCUT2D eigenvalue weighted by Crippen LogP contribution is -1.98. The quantitative estimate of drug-likeness (QED) is 0.730. The van der Waals surface area contributed by atoms with Gasteiger partial charge in [-0.3, -0.25) is 0 Å². The van der Waals surface area contributed by atoms with E-state index in [1.54, 1.807) is 13.0 Å². The van der Waals surface area contributed by atoms with Crippen LogP contribution in [0.3, 0.4) is 0 Å². The van der Waals surface area contributed by atoms with Gasteiger partial charge in [0, 0.05) is 6.42 Å². The number of terminal acetylenes is 1. The lowest BCUT2D eigenvalue weighted by atomic mass is 10.0. The zero-order valence-corrected chi connectivity index (χ0v) is 8.13. The summed E-state index contributed by atoms with van der Waals surface area (Å²) in [6.45, 7) is 1.79. The van der Waals surface area contributed by atoms with Crippen molar-refractivity contribution < 1.29 is 9.50 Å². The SMILES string of the molecule is C#CCCC(O)c1cc(C)cc(F)c1. The third-order valence-corrected chi connectivity index (χ3v) is 2.01. The first kappa shape index (κ1) is 10.7. The maximum absolute atomic E-state index is 13.0. The van der Waals surface area contributed by atoms with Crippen LogP contribution in [0.1, 0.15) is 30.1 Å². The summed E-state index contributed by atoms with van der Waals surface area (Å²) in [6, 6.07) is 4.54. The zero-order chi connectivity index (χ0) is 10.6. The molecule has 0 fully saturated rings. The van der Waals surface area contributed by atoms with E-state index in [1.807, 2.05) is 0 Å². The predicted molar refractivity (Wildman–Crippen MR) is 54.2 cm³/mol. The fourth-order valence-electron chi connectivity index (χ4n) is 1.34. The molecule has 1 atom stereocenters. The monoisotopic (exact) mass is 192 g/mol. The van der Waals surface area contributed by atoms with Gasteiger partial charge < -0.3 is 5.11 Å². The number of halogens is 1. The smallest absolute Gasteiger partial charge is 0.123 e. The van der Waals surface area contributed by atoms with Crippen LogP contribution in [0.25, 0.3) is 0 Å². The highest BCUT2D eigenvalue weighted by atomic mass is 19.1. The third-order valence-electron chi connectivity index (χ3n) is 2.01. The molecule has 1 aromatic rings. The van der Waals surface area contributed by atoms with Crippen molar-refractivity contribution in [3.63, 3.8) is 0 Å². The molecular formula is C12H13FO. The Morgan fingerprint density at radius 3 is 2.79 bits per heavy atom. The van der Waals surface area contributed by atoms with Crippen molar-refractivity contribution in [1.29, 1.82) is 0 Å². The van der Waals surface area contributed by atoms with Gasteiger partial charge in [0.05, 0.1) is 6.10 Å². The number of aliphatic hydroxyl groups is 1. The van der Waals surface area contributed by atoms with Crippen LogP contribution in [-0.2, 0) is 0 Å². The molecular weight excluding hydrogens is 179 g/mol. The first-order chi connectivity index (χ1) is 6.63. The van der Waals surface area contributed by atoms with Crippen LogP contribution in [0, 0.1) is 25.1 Å². The summed E-state index contributed by atoms with van der Waals surface area (Å²) < 4.78 is 13.0. The van der Waals surface area contributed by atoms with Gasteiger partial charge in [0.25, 0.3) is 0 Å². The fraction of sp³-hybridized carbons (Fsp3) is 0.333. The van der Waals surface area contributed by atoms with Crippen molar-refractivity contribution in [2.24, 2.45) is 0 Å². The molecule has 0 bridgehead atoms. The molecule has 74 valence electrons. The van der Waals surface area contributed by atoms with E-state index < -0.39 is 6.10 Å². The molecule has 0 spiro atoms. The van der Waals surface area contributed by atoms with E-state index in [1.165, 1.54) is 12.1 Å². The van der Waals surface area contributed by atoms with E-state index in [9.17, 15) is 9.50 Å². The van der Waals surface area contributed by atoms with Crippen molar-refractivity contribution in [3.8, 4) is 12.3 Å². The van der Waals surface area contributed by atoms with Crippen molar-refractivity contribution in [2.45, 2.75) is 25.9 Å². The summed E-state index contributed by atoms with van der Waals surface area (Å²) in [6.07, 6.45) is 5.38. The maximum atomic E-state index is 13.0. The van der Waals surface area contributed by atoms with Crippen molar-refractivity contribution in [3.05, 3.63) is 35.1 Å². The molecule has 0 aliphatic rings. The second-order valence-corrected chi connectivity index (χ2v) is 3.32. The second-order valence-electron chi connectivity index (χ2n) is 3.32. The van der Waals surface area contributed by atoms with Crippen LogP contribution in [-0.4, -0.2) is 5.11 Å². The number of benzene rings is 1. The average molecular weight is 192 g/mol. The standard InChI is InChI=1S/C12H13FO/c1-3-4-5-12(14)10-6-9(2)7-11(13)8-10/h1,6-8,12,14H,4-5H2,2H3. The van der Waals surface area contributed by atoms with Crippen molar-refractivity contribution in [2.75, 3.05) is 0 Å². The Labute approximate surface area is 83.6 Å². The van der Waals surface area contributed by atoms with E-state index in [2.05, 4.69) is 5.92 Å². The number of aryl methyl sites for hydroxylation is 1. The normalized spacial score (nSPS) is 12.1. The summed E-state index contributed by atoms with van der Waals surface area (Å²) in [4.78, 5) is 0. The number of hydrogen-bond acceptors (Lipinski definition) is 1. The lowest BCUT2D eigenvalue weighted by molar-refractivity contribution is 0.169. The maximum Gasteiger partial charge on any atom is 0.123 e. The van der Waals surface area contributed by atoms with Crippen LogP contribution in [0.5, 0.6) is 0 Å². The van der Waals surface area contributed by atoms with Gasteiger partial charge in [-0.2, -0.15) is 0 Å². The van der Waals surface area contributed by atoms with E-state index >= 15 is 0 Å². The molecule has 1 aromatic carbocycles. The molecule has 1 rings (SSSR count). The Morgan fingerprint density at radius 1 is 1.50 bits per heavy atom. The molecule has 1 unspecified atom stereocenters. The van der Waals surface area contributed by atoms with Gasteiger partial charge in [-0.15, -0.1) is 12.3 Å². The minimum atomic E-state index is -0.666. The number of hydrogen-bond donors (Lipinski definition) is 1. The van der Waals surface area contributed by atoms with Crippen LogP contribution < -0.4 is 0 Å². The summed E-state index contributed by atoms with van der Waals surface area (Å²) in [5, 5.41) is 9.64. The van der Waals surface area contributed by atoms with Crippen molar-refractivity contribution in [1.82, 2.24) is 0 Å². The third kappa shape index (κ3) is 2.86. The lowest BCUT2D eigenvalue weighted by Gasteiger charge is -2.10. The number of aliphatic hydroxyl groups excluding tert-OH is 1. The van der Waals surface area contributed by atoms with Gasteiger partial charge in [0.15, 0.2) is 0 Å². The molecule has 1 nitrogen and oxygen atoms in total. The van der Waals surface area contributed by atoms with E-state index in [0.29, 0.717) is 18.4 Å². The van der Waals surface area contributed by atoms with Crippen molar-refractivity contribution >= 4 is 0 Å². The largest absolute Gasteiger partial charge is 0.388 e.